The van der Waals surface area contributed by atoms with E-state index in [1.54, 1.807) is 0 Å². The number of nitrogens with one attached hydrogen (secondary N) is 1. The predicted molar refractivity (Wildman–Crippen MR) is 94.2 cm³/mol. The second-order valence-corrected chi connectivity index (χ2v) is 6.34. The molecule has 1 unspecified atom stereocenters. The van der Waals surface area contributed by atoms with E-state index in [-0.39, 0.29) is 5.91 Å². The van der Waals surface area contributed by atoms with Crippen LogP contribution in [0.3, 0.4) is 0 Å². The summed E-state index contributed by atoms with van der Waals surface area (Å²) in [5.41, 5.74) is 7.64. The standard InChI is InChI=1S/C18H22N2OS/c1-14(11-12-15-7-3-2-4-8-15)20-16-9-5-6-10-17(16)22-13-18(19)21/h2-10,14,20H,11-13H2,1H3,(H2,19,21). The van der Waals surface area contributed by atoms with Crippen molar-refractivity contribution in [2.75, 3.05) is 11.1 Å². The van der Waals surface area contributed by atoms with Crippen LogP contribution in [-0.2, 0) is 11.2 Å². The highest BCUT2D eigenvalue weighted by atomic mass is 32.2. The Labute approximate surface area is 136 Å². The van der Waals surface area contributed by atoms with E-state index in [2.05, 4.69) is 36.5 Å². The van der Waals surface area contributed by atoms with Gasteiger partial charge in [-0.2, -0.15) is 0 Å². The summed E-state index contributed by atoms with van der Waals surface area (Å²) in [5, 5.41) is 3.53. The smallest absolute Gasteiger partial charge is 0.227 e. The number of aryl methyl sites for hydroxylation is 1. The Morgan fingerprint density at radius 2 is 1.82 bits per heavy atom. The number of anilines is 1. The number of hydrogen-bond donors (Lipinski definition) is 2. The maximum Gasteiger partial charge on any atom is 0.227 e. The number of carbonyl (C=O) groups excluding carboxylic acids is 1. The molecule has 0 aliphatic rings. The first kappa shape index (κ1) is 16.4. The maximum atomic E-state index is 10.9. The molecule has 0 heterocycles. The minimum absolute atomic E-state index is 0.295. The molecule has 4 heteroatoms. The number of primary amides is 1. The number of nitrogens with two attached hydrogens (primary N) is 1. The Hall–Kier alpha value is -1.94. The van der Waals surface area contributed by atoms with Crippen molar-refractivity contribution in [3.8, 4) is 0 Å². The molecule has 22 heavy (non-hydrogen) atoms. The molecule has 0 saturated heterocycles. The lowest BCUT2D eigenvalue weighted by molar-refractivity contribution is -0.115. The molecular weight excluding hydrogens is 292 g/mol. The molecule has 0 radical (unpaired) electrons. The SMILES string of the molecule is CC(CCc1ccccc1)Nc1ccccc1SCC(N)=O. The topological polar surface area (TPSA) is 55.1 Å². The third kappa shape index (κ3) is 5.45. The van der Waals surface area contributed by atoms with Gasteiger partial charge in [-0.25, -0.2) is 0 Å². The minimum atomic E-state index is -0.295. The van der Waals surface area contributed by atoms with Gasteiger partial charge in [-0.3, -0.25) is 4.79 Å². The van der Waals surface area contributed by atoms with Crippen molar-refractivity contribution in [1.82, 2.24) is 0 Å². The molecule has 3 N–H and O–H groups in total. The van der Waals surface area contributed by atoms with Gasteiger partial charge in [0, 0.05) is 16.6 Å². The quantitative estimate of drug-likeness (QED) is 0.731. The summed E-state index contributed by atoms with van der Waals surface area (Å²) in [4.78, 5) is 12.0. The van der Waals surface area contributed by atoms with E-state index in [4.69, 9.17) is 5.73 Å². The van der Waals surface area contributed by atoms with Crippen LogP contribution in [0.25, 0.3) is 0 Å². The molecule has 116 valence electrons. The molecule has 0 fully saturated rings. The summed E-state index contributed by atoms with van der Waals surface area (Å²) < 4.78 is 0. The zero-order chi connectivity index (χ0) is 15.8. The van der Waals surface area contributed by atoms with Crippen LogP contribution in [0.15, 0.2) is 59.5 Å². The highest BCUT2D eigenvalue weighted by Crippen LogP contribution is 2.27. The summed E-state index contributed by atoms with van der Waals surface area (Å²) >= 11 is 1.47. The zero-order valence-corrected chi connectivity index (χ0v) is 13.6. The van der Waals surface area contributed by atoms with Gasteiger partial charge in [-0.05, 0) is 37.5 Å². The van der Waals surface area contributed by atoms with E-state index in [1.807, 2.05) is 30.3 Å². The summed E-state index contributed by atoms with van der Waals surface area (Å²) in [6.45, 7) is 2.18. The van der Waals surface area contributed by atoms with Gasteiger partial charge in [0.1, 0.15) is 0 Å². The summed E-state index contributed by atoms with van der Waals surface area (Å²) in [6.07, 6.45) is 2.10. The molecule has 2 rings (SSSR count). The first-order valence-electron chi connectivity index (χ1n) is 7.46. The van der Waals surface area contributed by atoms with Crippen LogP contribution in [0.4, 0.5) is 5.69 Å². The second kappa shape index (κ2) is 8.49. The third-order valence-electron chi connectivity index (χ3n) is 3.37. The van der Waals surface area contributed by atoms with Gasteiger partial charge in [0.15, 0.2) is 0 Å². The molecule has 1 amide bonds. The van der Waals surface area contributed by atoms with Crippen molar-refractivity contribution in [3.05, 3.63) is 60.2 Å². The maximum absolute atomic E-state index is 10.9. The van der Waals surface area contributed by atoms with Crippen molar-refractivity contribution in [2.45, 2.75) is 30.7 Å². The first-order chi connectivity index (χ1) is 10.6. The number of rotatable bonds is 8. The zero-order valence-electron chi connectivity index (χ0n) is 12.8. The van der Waals surface area contributed by atoms with Crippen molar-refractivity contribution in [2.24, 2.45) is 5.73 Å². The minimum Gasteiger partial charge on any atom is -0.382 e. The molecule has 2 aromatic rings. The van der Waals surface area contributed by atoms with Crippen LogP contribution in [0.5, 0.6) is 0 Å². The van der Waals surface area contributed by atoms with Gasteiger partial charge >= 0.3 is 0 Å². The van der Waals surface area contributed by atoms with Crippen molar-refractivity contribution in [3.63, 3.8) is 0 Å². The predicted octanol–water partition coefficient (Wildman–Crippen LogP) is 3.70. The Kier molecular flexibility index (Phi) is 6.34. The van der Waals surface area contributed by atoms with Gasteiger partial charge in [0.25, 0.3) is 0 Å². The van der Waals surface area contributed by atoms with E-state index in [1.165, 1.54) is 17.3 Å². The fourth-order valence-corrected chi connectivity index (χ4v) is 2.98. The Bertz CT molecular complexity index is 601. The summed E-state index contributed by atoms with van der Waals surface area (Å²) in [6, 6.07) is 18.9. The van der Waals surface area contributed by atoms with Gasteiger partial charge in [-0.1, -0.05) is 42.5 Å². The van der Waals surface area contributed by atoms with Crippen LogP contribution >= 0.6 is 11.8 Å². The van der Waals surface area contributed by atoms with E-state index in [0.717, 1.165) is 23.4 Å². The molecule has 2 aromatic carbocycles. The van der Waals surface area contributed by atoms with Crippen LogP contribution in [0.2, 0.25) is 0 Å². The van der Waals surface area contributed by atoms with E-state index in [0.29, 0.717) is 11.8 Å². The normalized spacial score (nSPS) is 11.9. The van der Waals surface area contributed by atoms with Crippen LogP contribution in [0, 0.1) is 0 Å². The van der Waals surface area contributed by atoms with Crippen LogP contribution < -0.4 is 11.1 Å². The molecule has 0 spiro atoms. The molecule has 0 saturated carbocycles. The lowest BCUT2D eigenvalue weighted by atomic mass is 10.1. The van der Waals surface area contributed by atoms with Crippen molar-refractivity contribution < 1.29 is 4.79 Å². The fraction of sp³-hybridized carbons (Fsp3) is 0.278. The average Bonchev–Trinajstić information content (AvgIpc) is 2.53. The van der Waals surface area contributed by atoms with E-state index in [9.17, 15) is 4.79 Å². The fourth-order valence-electron chi connectivity index (χ4n) is 2.23. The molecule has 0 bridgehead atoms. The summed E-state index contributed by atoms with van der Waals surface area (Å²) in [7, 11) is 0. The summed E-state index contributed by atoms with van der Waals surface area (Å²) in [5.74, 6) is 0.00816. The Balaban J connectivity index is 1.90. The number of benzene rings is 2. The highest BCUT2D eigenvalue weighted by molar-refractivity contribution is 8.00. The Morgan fingerprint density at radius 1 is 1.14 bits per heavy atom. The highest BCUT2D eigenvalue weighted by Gasteiger charge is 2.08. The van der Waals surface area contributed by atoms with E-state index < -0.39 is 0 Å². The molecule has 1 atom stereocenters. The van der Waals surface area contributed by atoms with Crippen LogP contribution in [0.1, 0.15) is 18.9 Å². The number of thioether (sulfide) groups is 1. The first-order valence-corrected chi connectivity index (χ1v) is 8.44. The number of hydrogen-bond acceptors (Lipinski definition) is 3. The van der Waals surface area contributed by atoms with E-state index >= 15 is 0 Å². The molecule has 0 aromatic heterocycles. The lowest BCUT2D eigenvalue weighted by Crippen LogP contribution is -2.17. The van der Waals surface area contributed by atoms with Gasteiger partial charge < -0.3 is 11.1 Å². The third-order valence-corrected chi connectivity index (χ3v) is 4.46. The molecule has 0 aliphatic heterocycles. The Morgan fingerprint density at radius 3 is 2.55 bits per heavy atom. The van der Waals surface area contributed by atoms with Gasteiger partial charge in [-0.15, -0.1) is 11.8 Å². The van der Waals surface area contributed by atoms with Crippen LogP contribution in [-0.4, -0.2) is 17.7 Å². The molecule has 3 nitrogen and oxygen atoms in total. The van der Waals surface area contributed by atoms with Gasteiger partial charge in [0.05, 0.1) is 5.75 Å². The monoisotopic (exact) mass is 314 g/mol. The number of para-hydroxylation sites is 1. The largest absolute Gasteiger partial charge is 0.382 e. The van der Waals surface area contributed by atoms with Gasteiger partial charge in [0.2, 0.25) is 5.91 Å². The molecule has 0 aliphatic carbocycles. The van der Waals surface area contributed by atoms with Crippen molar-refractivity contribution >= 4 is 23.4 Å². The number of carbonyl (C=O) groups is 1. The lowest BCUT2D eigenvalue weighted by Gasteiger charge is -2.17. The average molecular weight is 314 g/mol. The second-order valence-electron chi connectivity index (χ2n) is 5.32. The van der Waals surface area contributed by atoms with Crippen molar-refractivity contribution in [1.29, 1.82) is 0 Å². The number of amides is 1. The molecular formula is C18H22N2OS.